The molecule has 14 heavy (non-hydrogen) atoms. The van der Waals surface area contributed by atoms with Crippen LogP contribution in [0.15, 0.2) is 0 Å². The van der Waals surface area contributed by atoms with Gasteiger partial charge in [0.15, 0.2) is 0 Å². The normalized spacial score (nSPS) is 28.0. The number of rotatable bonds is 4. The average Bonchev–Trinajstić information content (AvgIpc) is 2.18. The van der Waals surface area contributed by atoms with E-state index in [1.165, 1.54) is 25.7 Å². The van der Waals surface area contributed by atoms with E-state index in [9.17, 15) is 4.79 Å². The molecule has 0 N–H and O–H groups in total. The van der Waals surface area contributed by atoms with E-state index in [1.54, 1.807) is 0 Å². The standard InChI is InChI=1S/C12H23NO/c1-4-12(14)9-13(3)11-7-5-10(2)6-8-11/h10-11H,4-9H2,1-3H3. The number of hydrogen-bond acceptors (Lipinski definition) is 2. The Kier molecular flexibility index (Phi) is 4.59. The number of carbonyl (C=O) groups excluding carboxylic acids is 1. The molecule has 0 atom stereocenters. The zero-order valence-electron chi connectivity index (χ0n) is 9.75. The zero-order chi connectivity index (χ0) is 10.6. The Morgan fingerprint density at radius 2 is 1.86 bits per heavy atom. The van der Waals surface area contributed by atoms with Crippen LogP contribution in [0.4, 0.5) is 0 Å². The summed E-state index contributed by atoms with van der Waals surface area (Å²) in [5.74, 6) is 1.26. The summed E-state index contributed by atoms with van der Waals surface area (Å²) >= 11 is 0. The predicted molar refractivity (Wildman–Crippen MR) is 59.3 cm³/mol. The molecular formula is C12H23NO. The molecule has 0 aromatic carbocycles. The van der Waals surface area contributed by atoms with Crippen molar-refractivity contribution in [2.45, 2.75) is 52.0 Å². The van der Waals surface area contributed by atoms with Gasteiger partial charge in [-0.05, 0) is 38.6 Å². The summed E-state index contributed by atoms with van der Waals surface area (Å²) < 4.78 is 0. The Bertz CT molecular complexity index is 183. The van der Waals surface area contributed by atoms with E-state index < -0.39 is 0 Å². The average molecular weight is 197 g/mol. The Morgan fingerprint density at radius 1 is 1.29 bits per heavy atom. The van der Waals surface area contributed by atoms with Crippen molar-refractivity contribution in [1.29, 1.82) is 0 Å². The van der Waals surface area contributed by atoms with Crippen molar-refractivity contribution in [2.24, 2.45) is 5.92 Å². The second kappa shape index (κ2) is 5.50. The van der Waals surface area contributed by atoms with Crippen molar-refractivity contribution in [2.75, 3.05) is 13.6 Å². The van der Waals surface area contributed by atoms with Gasteiger partial charge in [-0.15, -0.1) is 0 Å². The summed E-state index contributed by atoms with van der Waals surface area (Å²) in [4.78, 5) is 13.5. The minimum atomic E-state index is 0.367. The van der Waals surface area contributed by atoms with E-state index in [0.29, 0.717) is 24.8 Å². The lowest BCUT2D eigenvalue weighted by Gasteiger charge is -2.33. The molecule has 0 aliphatic heterocycles. The van der Waals surface area contributed by atoms with Crippen LogP contribution in [0.5, 0.6) is 0 Å². The maximum Gasteiger partial charge on any atom is 0.146 e. The van der Waals surface area contributed by atoms with Crippen LogP contribution in [0.25, 0.3) is 0 Å². The van der Waals surface area contributed by atoms with E-state index in [1.807, 2.05) is 6.92 Å². The third kappa shape index (κ3) is 3.41. The van der Waals surface area contributed by atoms with Gasteiger partial charge in [0.05, 0.1) is 6.54 Å². The van der Waals surface area contributed by atoms with Crippen molar-refractivity contribution in [3.8, 4) is 0 Å². The van der Waals surface area contributed by atoms with Crippen LogP contribution in [-0.4, -0.2) is 30.3 Å². The summed E-state index contributed by atoms with van der Waals surface area (Å²) in [5.41, 5.74) is 0. The van der Waals surface area contributed by atoms with Crippen LogP contribution in [0.3, 0.4) is 0 Å². The summed E-state index contributed by atoms with van der Waals surface area (Å²) in [5, 5.41) is 0. The number of likely N-dealkylation sites (N-methyl/N-ethyl adjacent to an activating group) is 1. The first-order chi connectivity index (χ1) is 6.63. The van der Waals surface area contributed by atoms with Crippen molar-refractivity contribution in [1.82, 2.24) is 4.90 Å². The van der Waals surface area contributed by atoms with Crippen LogP contribution < -0.4 is 0 Å². The molecule has 0 bridgehead atoms. The van der Waals surface area contributed by atoms with E-state index in [-0.39, 0.29) is 0 Å². The fourth-order valence-electron chi connectivity index (χ4n) is 2.20. The maximum atomic E-state index is 11.3. The molecule has 1 rings (SSSR count). The van der Waals surface area contributed by atoms with Gasteiger partial charge in [-0.2, -0.15) is 0 Å². The highest BCUT2D eigenvalue weighted by molar-refractivity contribution is 5.80. The molecule has 0 unspecified atom stereocenters. The summed E-state index contributed by atoms with van der Waals surface area (Å²) in [6.07, 6.45) is 5.88. The highest BCUT2D eigenvalue weighted by atomic mass is 16.1. The van der Waals surface area contributed by atoms with Gasteiger partial charge in [0.25, 0.3) is 0 Å². The second-order valence-corrected chi connectivity index (χ2v) is 4.72. The third-order valence-electron chi connectivity index (χ3n) is 3.43. The molecule has 0 radical (unpaired) electrons. The molecule has 1 saturated carbocycles. The van der Waals surface area contributed by atoms with Crippen molar-refractivity contribution in [3.63, 3.8) is 0 Å². The number of carbonyl (C=O) groups is 1. The van der Waals surface area contributed by atoms with Crippen LogP contribution >= 0.6 is 0 Å². The van der Waals surface area contributed by atoms with Gasteiger partial charge in [0, 0.05) is 12.5 Å². The number of hydrogen-bond donors (Lipinski definition) is 0. The minimum absolute atomic E-state index is 0.367. The highest BCUT2D eigenvalue weighted by Gasteiger charge is 2.22. The highest BCUT2D eigenvalue weighted by Crippen LogP contribution is 2.26. The van der Waals surface area contributed by atoms with E-state index >= 15 is 0 Å². The van der Waals surface area contributed by atoms with Crippen molar-refractivity contribution < 1.29 is 4.79 Å². The lowest BCUT2D eigenvalue weighted by molar-refractivity contribution is -0.120. The van der Waals surface area contributed by atoms with Gasteiger partial charge in [-0.1, -0.05) is 13.8 Å². The molecule has 1 fully saturated rings. The summed E-state index contributed by atoms with van der Waals surface area (Å²) in [6.45, 7) is 4.92. The molecule has 2 heteroatoms. The first-order valence-corrected chi connectivity index (χ1v) is 5.85. The zero-order valence-corrected chi connectivity index (χ0v) is 9.75. The van der Waals surface area contributed by atoms with Gasteiger partial charge in [-0.3, -0.25) is 9.69 Å². The van der Waals surface area contributed by atoms with Gasteiger partial charge >= 0.3 is 0 Å². The molecule has 82 valence electrons. The van der Waals surface area contributed by atoms with Crippen LogP contribution in [-0.2, 0) is 4.79 Å². The van der Waals surface area contributed by atoms with Crippen molar-refractivity contribution in [3.05, 3.63) is 0 Å². The molecular weight excluding hydrogens is 174 g/mol. The molecule has 0 amide bonds. The fraction of sp³-hybridized carbons (Fsp3) is 0.917. The van der Waals surface area contributed by atoms with Gasteiger partial charge in [0.2, 0.25) is 0 Å². The predicted octanol–water partition coefficient (Wildman–Crippen LogP) is 2.48. The largest absolute Gasteiger partial charge is 0.298 e. The summed E-state index contributed by atoms with van der Waals surface area (Å²) in [7, 11) is 2.09. The fourth-order valence-corrected chi connectivity index (χ4v) is 2.20. The number of Topliss-reactive ketones (excluding diaryl/α,β-unsaturated/α-hetero) is 1. The molecule has 1 aliphatic carbocycles. The molecule has 1 aliphatic rings. The second-order valence-electron chi connectivity index (χ2n) is 4.72. The molecule has 2 nitrogen and oxygen atoms in total. The minimum Gasteiger partial charge on any atom is -0.298 e. The lowest BCUT2D eigenvalue weighted by atomic mass is 9.87. The Labute approximate surface area is 87.7 Å². The van der Waals surface area contributed by atoms with Crippen molar-refractivity contribution >= 4 is 5.78 Å². The monoisotopic (exact) mass is 197 g/mol. The molecule has 0 saturated heterocycles. The van der Waals surface area contributed by atoms with Gasteiger partial charge in [-0.25, -0.2) is 0 Å². The first-order valence-electron chi connectivity index (χ1n) is 5.85. The van der Waals surface area contributed by atoms with E-state index in [0.717, 1.165) is 5.92 Å². The van der Waals surface area contributed by atoms with Crippen LogP contribution in [0.2, 0.25) is 0 Å². The maximum absolute atomic E-state index is 11.3. The third-order valence-corrected chi connectivity index (χ3v) is 3.43. The van der Waals surface area contributed by atoms with Gasteiger partial charge in [0.1, 0.15) is 5.78 Å². The number of ketones is 1. The Balaban J connectivity index is 2.30. The molecule has 0 aromatic heterocycles. The van der Waals surface area contributed by atoms with E-state index in [4.69, 9.17) is 0 Å². The van der Waals surface area contributed by atoms with Crippen LogP contribution in [0, 0.1) is 5.92 Å². The summed E-state index contributed by atoms with van der Waals surface area (Å²) in [6, 6.07) is 0.654. The molecule has 0 spiro atoms. The topological polar surface area (TPSA) is 20.3 Å². The SMILES string of the molecule is CCC(=O)CN(C)C1CCC(C)CC1. The molecule has 0 aromatic rings. The smallest absolute Gasteiger partial charge is 0.146 e. The Morgan fingerprint density at radius 3 is 2.36 bits per heavy atom. The number of nitrogens with zero attached hydrogens (tertiary/aromatic N) is 1. The van der Waals surface area contributed by atoms with E-state index in [2.05, 4.69) is 18.9 Å². The quantitative estimate of drug-likeness (QED) is 0.690. The first kappa shape index (κ1) is 11.7. The Hall–Kier alpha value is -0.370. The lowest BCUT2D eigenvalue weighted by Crippen LogP contribution is -2.38. The van der Waals surface area contributed by atoms with Crippen LogP contribution in [0.1, 0.15) is 46.0 Å². The molecule has 0 heterocycles. The van der Waals surface area contributed by atoms with Gasteiger partial charge < -0.3 is 0 Å².